The molecule has 8 heavy (non-hydrogen) atoms. The quantitative estimate of drug-likeness (QED) is 0.589. The monoisotopic (exact) mass is 145 g/mol. The third-order valence-electron chi connectivity index (χ3n) is 0.573. The maximum Gasteiger partial charge on any atom is 0.179 e. The molecular formula is C4H5N2S2. The maximum atomic E-state index is 3.78. The van der Waals surface area contributed by atoms with Crippen LogP contribution >= 0.6 is 23.1 Å². The van der Waals surface area contributed by atoms with Gasteiger partial charge in [-0.25, -0.2) is 0 Å². The number of hydrogen-bond donors (Lipinski definition) is 0. The number of thioether (sulfide) groups is 1. The van der Waals surface area contributed by atoms with Crippen LogP contribution in [-0.4, -0.2) is 16.0 Å². The van der Waals surface area contributed by atoms with Gasteiger partial charge in [0.2, 0.25) is 0 Å². The molecule has 43 valence electrons. The molecule has 0 N–H and O–H groups in total. The first kappa shape index (κ1) is 6.04. The Balaban J connectivity index is 2.50. The van der Waals surface area contributed by atoms with Gasteiger partial charge in [0.05, 0.1) is 0 Å². The highest BCUT2D eigenvalue weighted by molar-refractivity contribution is 8.00. The van der Waals surface area contributed by atoms with Gasteiger partial charge in [-0.05, 0) is 5.75 Å². The fraction of sp³-hybridized carbons (Fsp3) is 0.500. The minimum Gasteiger partial charge on any atom is -0.135 e. The van der Waals surface area contributed by atoms with E-state index in [0.717, 1.165) is 10.1 Å². The van der Waals surface area contributed by atoms with Crippen LogP contribution in [0.3, 0.4) is 0 Å². The van der Waals surface area contributed by atoms with E-state index in [9.17, 15) is 0 Å². The molecule has 0 aliphatic carbocycles. The Hall–Kier alpha value is -0.0900. The molecule has 0 aromatic carbocycles. The van der Waals surface area contributed by atoms with Gasteiger partial charge in [-0.2, -0.15) is 0 Å². The predicted molar refractivity (Wildman–Crippen MR) is 35.1 cm³/mol. The molecule has 4 heteroatoms. The van der Waals surface area contributed by atoms with E-state index in [0.29, 0.717) is 0 Å². The second kappa shape index (κ2) is 3.04. The summed E-state index contributed by atoms with van der Waals surface area (Å²) in [5.74, 6) is 1.06. The molecule has 0 aliphatic heterocycles. The van der Waals surface area contributed by atoms with E-state index in [4.69, 9.17) is 0 Å². The van der Waals surface area contributed by atoms with Gasteiger partial charge in [0.15, 0.2) is 9.85 Å². The van der Waals surface area contributed by atoms with E-state index in [1.165, 1.54) is 11.3 Å². The number of aromatic nitrogens is 2. The fourth-order valence-electron chi connectivity index (χ4n) is 0.323. The zero-order valence-electron chi connectivity index (χ0n) is 4.42. The number of nitrogens with zero attached hydrogens (tertiary/aromatic N) is 2. The zero-order valence-corrected chi connectivity index (χ0v) is 6.05. The number of rotatable bonds is 2. The van der Waals surface area contributed by atoms with Gasteiger partial charge in [-0.15, -0.1) is 10.2 Å². The molecule has 2 nitrogen and oxygen atoms in total. The van der Waals surface area contributed by atoms with E-state index < -0.39 is 0 Å². The van der Waals surface area contributed by atoms with Gasteiger partial charge < -0.3 is 0 Å². The fourth-order valence-corrected chi connectivity index (χ4v) is 1.61. The molecule has 1 aromatic rings. The minimum atomic E-state index is 1.01. The predicted octanol–water partition coefficient (Wildman–Crippen LogP) is 1.45. The third kappa shape index (κ3) is 1.45. The van der Waals surface area contributed by atoms with Crippen molar-refractivity contribution in [2.75, 3.05) is 5.75 Å². The Kier molecular flexibility index (Phi) is 2.29. The number of hydrogen-bond acceptors (Lipinski definition) is 4. The van der Waals surface area contributed by atoms with Crippen LogP contribution in [0, 0.1) is 5.51 Å². The zero-order chi connectivity index (χ0) is 5.82. The average molecular weight is 145 g/mol. The molecular weight excluding hydrogens is 140 g/mol. The lowest BCUT2D eigenvalue weighted by Crippen LogP contribution is -1.69. The van der Waals surface area contributed by atoms with Crippen LogP contribution in [-0.2, 0) is 0 Å². The van der Waals surface area contributed by atoms with E-state index in [1.807, 2.05) is 0 Å². The Morgan fingerprint density at radius 3 is 3.25 bits per heavy atom. The Labute approximate surface area is 56.3 Å². The highest BCUT2D eigenvalue weighted by Gasteiger charge is 1.91. The van der Waals surface area contributed by atoms with Crippen LogP contribution < -0.4 is 0 Å². The van der Waals surface area contributed by atoms with Gasteiger partial charge in [0, 0.05) is 0 Å². The van der Waals surface area contributed by atoms with Gasteiger partial charge in [-0.1, -0.05) is 30.0 Å². The smallest absolute Gasteiger partial charge is 0.135 e. The molecule has 0 spiro atoms. The van der Waals surface area contributed by atoms with Crippen molar-refractivity contribution >= 4 is 23.1 Å². The van der Waals surface area contributed by atoms with Crippen molar-refractivity contribution in [1.82, 2.24) is 10.2 Å². The van der Waals surface area contributed by atoms with Gasteiger partial charge in [-0.3, -0.25) is 0 Å². The van der Waals surface area contributed by atoms with Crippen LogP contribution in [0.1, 0.15) is 6.92 Å². The summed E-state index contributed by atoms with van der Waals surface area (Å²) in [6.45, 7) is 2.09. The maximum absolute atomic E-state index is 3.78. The third-order valence-corrected chi connectivity index (χ3v) is 2.22. The Morgan fingerprint density at radius 1 is 1.88 bits per heavy atom. The summed E-state index contributed by atoms with van der Waals surface area (Å²) in [6.07, 6.45) is 0. The molecule has 0 saturated carbocycles. The topological polar surface area (TPSA) is 25.8 Å². The molecule has 1 radical (unpaired) electrons. The second-order valence-electron chi connectivity index (χ2n) is 1.09. The summed E-state index contributed by atoms with van der Waals surface area (Å²) >= 11 is 3.16. The summed E-state index contributed by atoms with van der Waals surface area (Å²) in [5, 5.41) is 7.35. The summed E-state index contributed by atoms with van der Waals surface area (Å²) in [6, 6.07) is 0. The van der Waals surface area contributed by atoms with Gasteiger partial charge in [0.1, 0.15) is 0 Å². The van der Waals surface area contributed by atoms with Gasteiger partial charge >= 0.3 is 0 Å². The highest BCUT2D eigenvalue weighted by Crippen LogP contribution is 2.16. The van der Waals surface area contributed by atoms with Gasteiger partial charge in [0.25, 0.3) is 0 Å². The molecule has 1 aromatic heterocycles. The largest absolute Gasteiger partial charge is 0.179 e. The molecule has 0 atom stereocenters. The van der Waals surface area contributed by atoms with Crippen LogP contribution in [0.4, 0.5) is 0 Å². The Morgan fingerprint density at radius 2 is 2.75 bits per heavy atom. The van der Waals surface area contributed by atoms with Crippen molar-refractivity contribution in [3.63, 3.8) is 0 Å². The first-order valence-electron chi connectivity index (χ1n) is 2.26. The van der Waals surface area contributed by atoms with Crippen LogP contribution in [0.25, 0.3) is 0 Å². The lowest BCUT2D eigenvalue weighted by molar-refractivity contribution is 1.01. The minimum absolute atomic E-state index is 1.01. The van der Waals surface area contributed by atoms with E-state index in [2.05, 4.69) is 22.6 Å². The molecule has 1 heterocycles. The van der Waals surface area contributed by atoms with Crippen molar-refractivity contribution < 1.29 is 0 Å². The summed E-state index contributed by atoms with van der Waals surface area (Å²) < 4.78 is 1.01. The molecule has 0 amide bonds. The van der Waals surface area contributed by atoms with Crippen LogP contribution in [0.2, 0.25) is 0 Å². The van der Waals surface area contributed by atoms with E-state index in [1.54, 1.807) is 11.8 Å². The first-order chi connectivity index (χ1) is 3.93. The second-order valence-corrected chi connectivity index (χ2v) is 3.38. The van der Waals surface area contributed by atoms with Crippen molar-refractivity contribution in [2.24, 2.45) is 0 Å². The Bertz CT molecular complexity index is 138. The molecule has 0 saturated heterocycles. The van der Waals surface area contributed by atoms with Crippen molar-refractivity contribution in [2.45, 2.75) is 11.3 Å². The molecule has 0 fully saturated rings. The molecule has 0 bridgehead atoms. The molecule has 1 rings (SSSR count). The average Bonchev–Trinajstić information content (AvgIpc) is 2.19. The van der Waals surface area contributed by atoms with E-state index in [-0.39, 0.29) is 0 Å². The standard InChI is InChI=1S/C4H5N2S2/c1-2-7-4-6-5-3-8-4/h2H2,1H3. The summed E-state index contributed by atoms with van der Waals surface area (Å²) in [5.41, 5.74) is 2.67. The molecule has 0 unspecified atom stereocenters. The molecule has 0 aliphatic rings. The lowest BCUT2D eigenvalue weighted by Gasteiger charge is -1.82. The van der Waals surface area contributed by atoms with E-state index >= 15 is 0 Å². The van der Waals surface area contributed by atoms with Crippen LogP contribution in [0.5, 0.6) is 0 Å². The first-order valence-corrected chi connectivity index (χ1v) is 4.06. The summed E-state index contributed by atoms with van der Waals surface area (Å²) in [4.78, 5) is 0. The van der Waals surface area contributed by atoms with Crippen molar-refractivity contribution in [3.05, 3.63) is 5.51 Å². The van der Waals surface area contributed by atoms with Crippen molar-refractivity contribution in [1.29, 1.82) is 0 Å². The SMILES string of the molecule is CCSc1nn[c]s1. The lowest BCUT2D eigenvalue weighted by atomic mass is 11.0. The summed E-state index contributed by atoms with van der Waals surface area (Å²) in [7, 11) is 0. The van der Waals surface area contributed by atoms with Crippen LogP contribution in [0.15, 0.2) is 4.34 Å². The normalized spacial score (nSPS) is 9.62. The highest BCUT2D eigenvalue weighted by atomic mass is 32.2. The van der Waals surface area contributed by atoms with Crippen molar-refractivity contribution in [3.8, 4) is 0 Å².